The molecule has 4 heterocycles. The molecular formula is C49H51ClN4O7. The number of halogens is 1. The fraction of sp³-hybridized carbons (Fsp3) is 0.367. The van der Waals surface area contributed by atoms with Crippen molar-refractivity contribution in [1.82, 2.24) is 14.8 Å². The first-order valence-electron chi connectivity index (χ1n) is 21.1. The Bertz CT molecular complexity index is 2350. The van der Waals surface area contributed by atoms with Crippen molar-refractivity contribution < 1.29 is 33.6 Å². The van der Waals surface area contributed by atoms with Crippen LogP contribution in [0.15, 0.2) is 97.3 Å². The van der Waals surface area contributed by atoms with Gasteiger partial charge in [-0.15, -0.1) is 0 Å². The van der Waals surface area contributed by atoms with Crippen molar-refractivity contribution in [3.63, 3.8) is 0 Å². The van der Waals surface area contributed by atoms with Gasteiger partial charge in [-0.1, -0.05) is 72.6 Å². The molecule has 5 aromatic rings. The summed E-state index contributed by atoms with van der Waals surface area (Å²) in [6.45, 7) is 6.84. The van der Waals surface area contributed by atoms with E-state index in [-0.39, 0.29) is 38.0 Å². The molecule has 3 aliphatic rings. The van der Waals surface area contributed by atoms with Gasteiger partial charge in [-0.05, 0) is 84.8 Å². The molecule has 1 aromatic heterocycles. The van der Waals surface area contributed by atoms with E-state index in [0.717, 1.165) is 95.8 Å². The van der Waals surface area contributed by atoms with Gasteiger partial charge in [-0.25, -0.2) is 0 Å². The van der Waals surface area contributed by atoms with Crippen LogP contribution in [0.25, 0.3) is 11.1 Å². The Kier molecular flexibility index (Phi) is 13.7. The van der Waals surface area contributed by atoms with Crippen molar-refractivity contribution in [1.29, 1.82) is 5.26 Å². The lowest BCUT2D eigenvalue weighted by atomic mass is 9.96. The Balaban J connectivity index is 0.982. The third-order valence-corrected chi connectivity index (χ3v) is 12.0. The minimum atomic E-state index is -0.405. The smallest absolute Gasteiger partial charge is 0.323 e. The quantitative estimate of drug-likeness (QED) is 0.102. The number of likely N-dealkylation sites (tertiary alicyclic amines) is 2. The molecule has 61 heavy (non-hydrogen) atoms. The molecule has 0 amide bonds. The monoisotopic (exact) mass is 842 g/mol. The number of esters is 1. The number of nitrogens with zero attached hydrogens (tertiary/aromatic N) is 4. The SMILES string of the molecule is Cc1c(COc2cc(OCc3cncc(C#N)c3)c(CN3CCCCC3C(=O)OCc3ccccc3)cc2Cl)cccc1-c1ccc2c(c1)OC(CCN1CC[C@@H](O)C1)CO2. The summed E-state index contributed by atoms with van der Waals surface area (Å²) in [5, 5.41) is 19.8. The summed E-state index contributed by atoms with van der Waals surface area (Å²) in [5.41, 5.74) is 7.05. The summed E-state index contributed by atoms with van der Waals surface area (Å²) in [6.07, 6.45) is 7.12. The summed E-state index contributed by atoms with van der Waals surface area (Å²) in [6, 6.07) is 29.1. The Morgan fingerprint density at radius 2 is 1.77 bits per heavy atom. The minimum absolute atomic E-state index is 0.0616. The highest BCUT2D eigenvalue weighted by Crippen LogP contribution is 2.39. The first-order valence-corrected chi connectivity index (χ1v) is 21.5. The largest absolute Gasteiger partial charge is 0.488 e. The minimum Gasteiger partial charge on any atom is -0.488 e. The second-order valence-electron chi connectivity index (χ2n) is 16.1. The number of fused-ring (bicyclic) bond motifs is 1. The number of aliphatic hydroxyl groups is 1. The lowest BCUT2D eigenvalue weighted by Crippen LogP contribution is -2.44. The Morgan fingerprint density at radius 3 is 2.61 bits per heavy atom. The number of hydrogen-bond donors (Lipinski definition) is 1. The van der Waals surface area contributed by atoms with Gasteiger partial charge in [-0.3, -0.25) is 14.7 Å². The highest BCUT2D eigenvalue weighted by molar-refractivity contribution is 6.32. The maximum Gasteiger partial charge on any atom is 0.323 e. The third-order valence-electron chi connectivity index (χ3n) is 11.7. The van der Waals surface area contributed by atoms with Crippen LogP contribution < -0.4 is 18.9 Å². The summed E-state index contributed by atoms with van der Waals surface area (Å²) >= 11 is 6.99. The number of piperidine rings is 1. The van der Waals surface area contributed by atoms with Crippen LogP contribution in [-0.2, 0) is 35.9 Å². The molecule has 0 radical (unpaired) electrons. The number of carbonyl (C=O) groups is 1. The number of nitriles is 1. The first kappa shape index (κ1) is 42.1. The van der Waals surface area contributed by atoms with Crippen LogP contribution in [-0.4, -0.2) is 76.9 Å². The number of β-amino-alcohol motifs (C(OH)–C–C–N with tert-alkyl or cyclic N) is 1. The number of pyridine rings is 1. The van der Waals surface area contributed by atoms with E-state index in [2.05, 4.69) is 39.9 Å². The average molecular weight is 843 g/mol. The van der Waals surface area contributed by atoms with Gasteiger partial charge in [0.25, 0.3) is 0 Å². The molecule has 2 fully saturated rings. The highest BCUT2D eigenvalue weighted by Gasteiger charge is 2.31. The third kappa shape index (κ3) is 10.6. The zero-order chi connectivity index (χ0) is 42.1. The normalized spacial score (nSPS) is 19.0. The molecule has 0 spiro atoms. The number of rotatable bonds is 15. The molecule has 3 aliphatic heterocycles. The maximum absolute atomic E-state index is 13.5. The summed E-state index contributed by atoms with van der Waals surface area (Å²) in [7, 11) is 0. The number of aliphatic hydroxyl groups excluding tert-OH is 1. The number of aromatic nitrogens is 1. The van der Waals surface area contributed by atoms with Gasteiger partial charge < -0.3 is 33.7 Å². The predicted octanol–water partition coefficient (Wildman–Crippen LogP) is 8.43. The van der Waals surface area contributed by atoms with Crippen LogP contribution in [0.3, 0.4) is 0 Å². The van der Waals surface area contributed by atoms with Crippen molar-refractivity contribution in [2.45, 2.75) is 83.6 Å². The maximum atomic E-state index is 13.5. The molecule has 1 N–H and O–H groups in total. The number of benzene rings is 4. The fourth-order valence-corrected chi connectivity index (χ4v) is 8.54. The zero-order valence-corrected chi connectivity index (χ0v) is 35.2. The van der Waals surface area contributed by atoms with Gasteiger partial charge in [0.2, 0.25) is 0 Å². The molecule has 2 unspecified atom stereocenters. The van der Waals surface area contributed by atoms with Crippen LogP contribution in [0, 0.1) is 18.3 Å². The molecule has 2 saturated heterocycles. The van der Waals surface area contributed by atoms with E-state index in [1.165, 1.54) is 6.20 Å². The second-order valence-corrected chi connectivity index (χ2v) is 16.5. The molecule has 12 heteroatoms. The average Bonchev–Trinajstić information content (AvgIpc) is 3.72. The molecule has 0 aliphatic carbocycles. The molecular weight excluding hydrogens is 792 g/mol. The van der Waals surface area contributed by atoms with Crippen LogP contribution in [0.5, 0.6) is 23.0 Å². The van der Waals surface area contributed by atoms with Crippen molar-refractivity contribution in [2.75, 3.05) is 32.8 Å². The van der Waals surface area contributed by atoms with Gasteiger partial charge in [0.05, 0.1) is 16.7 Å². The topological polar surface area (TPSA) is 127 Å². The van der Waals surface area contributed by atoms with Crippen molar-refractivity contribution in [3.05, 3.63) is 136 Å². The lowest BCUT2D eigenvalue weighted by molar-refractivity contribution is -0.153. The predicted molar refractivity (Wildman–Crippen MR) is 232 cm³/mol. The van der Waals surface area contributed by atoms with Crippen molar-refractivity contribution in [2.24, 2.45) is 0 Å². The second kappa shape index (κ2) is 19.8. The lowest BCUT2D eigenvalue weighted by Gasteiger charge is -2.34. The highest BCUT2D eigenvalue weighted by atomic mass is 35.5. The van der Waals surface area contributed by atoms with E-state index >= 15 is 0 Å². The van der Waals surface area contributed by atoms with Gasteiger partial charge in [-0.2, -0.15) is 5.26 Å². The van der Waals surface area contributed by atoms with E-state index in [0.29, 0.717) is 48.2 Å². The van der Waals surface area contributed by atoms with Crippen molar-refractivity contribution in [3.8, 4) is 40.2 Å². The van der Waals surface area contributed by atoms with Gasteiger partial charge in [0, 0.05) is 62.2 Å². The Hall–Kier alpha value is -5.64. The van der Waals surface area contributed by atoms with Crippen LogP contribution >= 0.6 is 11.6 Å². The molecule has 0 bridgehead atoms. The summed E-state index contributed by atoms with van der Waals surface area (Å²) < 4.78 is 31.2. The van der Waals surface area contributed by atoms with E-state index in [9.17, 15) is 15.2 Å². The Labute approximate surface area is 362 Å². The molecule has 11 nitrogen and oxygen atoms in total. The van der Waals surface area contributed by atoms with Gasteiger partial charge in [0.1, 0.15) is 56.1 Å². The molecule has 4 aromatic carbocycles. The van der Waals surface area contributed by atoms with Crippen LogP contribution in [0.2, 0.25) is 5.02 Å². The summed E-state index contributed by atoms with van der Waals surface area (Å²) in [4.78, 5) is 22.1. The summed E-state index contributed by atoms with van der Waals surface area (Å²) in [5.74, 6) is 2.23. The van der Waals surface area contributed by atoms with Gasteiger partial charge >= 0.3 is 5.97 Å². The number of ether oxygens (including phenoxy) is 5. The molecule has 316 valence electrons. The van der Waals surface area contributed by atoms with Crippen LogP contribution in [0.1, 0.15) is 65.5 Å². The fourth-order valence-electron chi connectivity index (χ4n) is 8.30. The van der Waals surface area contributed by atoms with Crippen LogP contribution in [0.4, 0.5) is 0 Å². The number of carbonyl (C=O) groups excluding carboxylic acids is 1. The molecule has 8 rings (SSSR count). The van der Waals surface area contributed by atoms with Gasteiger partial charge in [0.15, 0.2) is 11.5 Å². The van der Waals surface area contributed by atoms with E-state index in [1.54, 1.807) is 12.3 Å². The standard InChI is InChI=1S/C49H51ClN4O7/c1-33-38(10-7-11-42(33)37-13-14-45-48(22-37)61-41(32-59-45)16-19-53-18-15-40(55)28-53)31-58-47-23-46(57-30-36-20-35(24-51)25-52-26-36)39(21-43(47)50)27-54-17-6-5-12-44(54)49(56)60-29-34-8-3-2-4-9-34/h2-4,7-11,13-14,20-23,25-26,40-41,44,55H,5-6,12,15-19,27-32H2,1H3/t40-,41?,44?/m1/s1. The number of hydrogen-bond acceptors (Lipinski definition) is 11. The molecule has 0 saturated carbocycles. The van der Waals surface area contributed by atoms with E-state index < -0.39 is 6.04 Å². The first-order chi connectivity index (χ1) is 29.8. The Morgan fingerprint density at radius 1 is 0.902 bits per heavy atom. The van der Waals surface area contributed by atoms with E-state index in [1.807, 2.05) is 66.7 Å². The zero-order valence-electron chi connectivity index (χ0n) is 34.4. The molecule has 3 atom stereocenters. The van der Waals surface area contributed by atoms with E-state index in [4.69, 9.17) is 35.3 Å². The van der Waals surface area contributed by atoms with Crippen molar-refractivity contribution >= 4 is 17.6 Å².